The standard InChI is InChI=1S/C17H23ClN4O/c1-19-7-4-12-5-8-22(9-6-12)11-16-20-15-3-2-13(18)10-14(15)17(23)21-16/h2-3,10,12,19H,4-9,11H2,1H3,(H,20,21,23). The minimum Gasteiger partial charge on any atom is -0.320 e. The predicted octanol–water partition coefficient (Wildman–Crippen LogP) is 2.40. The molecule has 0 unspecified atom stereocenters. The van der Waals surface area contributed by atoms with Gasteiger partial charge in [-0.3, -0.25) is 9.69 Å². The number of likely N-dealkylation sites (tertiary alicyclic amines) is 1. The van der Waals surface area contributed by atoms with Crippen LogP contribution in [0.3, 0.4) is 0 Å². The maximum absolute atomic E-state index is 12.2. The second-order valence-electron chi connectivity index (χ2n) is 6.29. The van der Waals surface area contributed by atoms with Gasteiger partial charge in [-0.25, -0.2) is 4.98 Å². The molecule has 2 N–H and O–H groups in total. The molecule has 0 bridgehead atoms. The third-order valence-electron chi connectivity index (χ3n) is 4.60. The first-order valence-corrected chi connectivity index (χ1v) is 8.59. The van der Waals surface area contributed by atoms with E-state index in [-0.39, 0.29) is 5.56 Å². The molecule has 0 radical (unpaired) electrons. The van der Waals surface area contributed by atoms with Crippen LogP contribution in [-0.2, 0) is 6.54 Å². The average Bonchev–Trinajstić information content (AvgIpc) is 2.55. The van der Waals surface area contributed by atoms with Gasteiger partial charge in [0, 0.05) is 5.02 Å². The highest BCUT2D eigenvalue weighted by molar-refractivity contribution is 6.31. The molecule has 0 saturated carbocycles. The van der Waals surface area contributed by atoms with E-state index in [1.165, 1.54) is 19.3 Å². The molecule has 1 fully saturated rings. The van der Waals surface area contributed by atoms with Gasteiger partial charge in [0.25, 0.3) is 5.56 Å². The van der Waals surface area contributed by atoms with Crippen LogP contribution in [0.2, 0.25) is 5.02 Å². The Balaban J connectivity index is 1.66. The summed E-state index contributed by atoms with van der Waals surface area (Å²) in [5, 5.41) is 4.33. The molecule has 5 nitrogen and oxygen atoms in total. The van der Waals surface area contributed by atoms with Gasteiger partial charge in [-0.05, 0) is 70.1 Å². The van der Waals surface area contributed by atoms with E-state index >= 15 is 0 Å². The summed E-state index contributed by atoms with van der Waals surface area (Å²) in [6.07, 6.45) is 3.68. The third kappa shape index (κ3) is 4.10. The van der Waals surface area contributed by atoms with Crippen molar-refractivity contribution in [1.29, 1.82) is 0 Å². The van der Waals surface area contributed by atoms with E-state index in [2.05, 4.69) is 20.2 Å². The maximum atomic E-state index is 12.2. The van der Waals surface area contributed by atoms with Gasteiger partial charge in [0.05, 0.1) is 17.4 Å². The quantitative estimate of drug-likeness (QED) is 0.881. The lowest BCUT2D eigenvalue weighted by molar-refractivity contribution is 0.169. The molecule has 2 aromatic rings. The van der Waals surface area contributed by atoms with Gasteiger partial charge in [-0.2, -0.15) is 0 Å². The highest BCUT2D eigenvalue weighted by Crippen LogP contribution is 2.21. The minimum absolute atomic E-state index is 0.114. The topological polar surface area (TPSA) is 61.0 Å². The number of piperidine rings is 1. The van der Waals surface area contributed by atoms with Crippen LogP contribution in [0.1, 0.15) is 25.1 Å². The summed E-state index contributed by atoms with van der Waals surface area (Å²) in [5.74, 6) is 1.54. The fraction of sp³-hybridized carbons (Fsp3) is 0.529. The van der Waals surface area contributed by atoms with Crippen LogP contribution >= 0.6 is 11.6 Å². The normalized spacial score (nSPS) is 17.0. The van der Waals surface area contributed by atoms with Crippen LogP contribution in [0.25, 0.3) is 10.9 Å². The number of rotatable bonds is 5. The van der Waals surface area contributed by atoms with Gasteiger partial charge in [0.15, 0.2) is 0 Å². The number of hydrogen-bond donors (Lipinski definition) is 2. The van der Waals surface area contributed by atoms with Crippen molar-refractivity contribution in [3.63, 3.8) is 0 Å². The molecule has 0 aliphatic carbocycles. The first kappa shape index (κ1) is 16.4. The van der Waals surface area contributed by atoms with Crippen molar-refractivity contribution >= 4 is 22.5 Å². The Hall–Kier alpha value is -1.43. The van der Waals surface area contributed by atoms with Crippen molar-refractivity contribution in [1.82, 2.24) is 20.2 Å². The van der Waals surface area contributed by atoms with E-state index in [9.17, 15) is 4.79 Å². The first-order chi connectivity index (χ1) is 11.2. The molecule has 1 aliphatic rings. The molecule has 1 aromatic heterocycles. The Labute approximate surface area is 141 Å². The molecule has 3 rings (SSSR count). The van der Waals surface area contributed by atoms with Crippen molar-refractivity contribution in [3.05, 3.63) is 39.4 Å². The zero-order chi connectivity index (χ0) is 16.2. The van der Waals surface area contributed by atoms with Gasteiger partial charge in [-0.1, -0.05) is 11.6 Å². The molecule has 0 atom stereocenters. The summed E-state index contributed by atoms with van der Waals surface area (Å²) in [6, 6.07) is 5.24. The molecule has 0 amide bonds. The van der Waals surface area contributed by atoms with Crippen LogP contribution in [0.5, 0.6) is 0 Å². The number of nitrogens with zero attached hydrogens (tertiary/aromatic N) is 2. The third-order valence-corrected chi connectivity index (χ3v) is 4.83. The zero-order valence-electron chi connectivity index (χ0n) is 13.4. The summed E-state index contributed by atoms with van der Waals surface area (Å²) in [7, 11) is 2.00. The number of aromatic amines is 1. The molecule has 6 heteroatoms. The Bertz CT molecular complexity index is 722. The molecule has 0 spiro atoms. The largest absolute Gasteiger partial charge is 0.320 e. The Morgan fingerprint density at radius 1 is 1.39 bits per heavy atom. The van der Waals surface area contributed by atoms with Crippen LogP contribution in [0.15, 0.2) is 23.0 Å². The van der Waals surface area contributed by atoms with Gasteiger partial charge >= 0.3 is 0 Å². The molecule has 23 heavy (non-hydrogen) atoms. The first-order valence-electron chi connectivity index (χ1n) is 8.21. The number of halogens is 1. The van der Waals surface area contributed by atoms with Gasteiger partial charge in [0.2, 0.25) is 0 Å². The molecule has 1 aliphatic heterocycles. The Kier molecular flexibility index (Phi) is 5.30. The fourth-order valence-corrected chi connectivity index (χ4v) is 3.40. The van der Waals surface area contributed by atoms with E-state index in [1.54, 1.807) is 18.2 Å². The minimum atomic E-state index is -0.114. The number of nitrogens with one attached hydrogen (secondary N) is 2. The second kappa shape index (κ2) is 7.43. The lowest BCUT2D eigenvalue weighted by atomic mass is 9.93. The van der Waals surface area contributed by atoms with E-state index in [1.807, 2.05) is 7.05 Å². The Morgan fingerprint density at radius 3 is 2.91 bits per heavy atom. The number of H-pyrrole nitrogens is 1. The summed E-state index contributed by atoms with van der Waals surface area (Å²) < 4.78 is 0. The van der Waals surface area contributed by atoms with Gasteiger partial charge in [0.1, 0.15) is 5.82 Å². The summed E-state index contributed by atoms with van der Waals surface area (Å²) in [4.78, 5) is 22.0. The number of hydrogen-bond acceptors (Lipinski definition) is 4. The predicted molar refractivity (Wildman–Crippen MR) is 93.9 cm³/mol. The molecular weight excluding hydrogens is 312 g/mol. The van der Waals surface area contributed by atoms with Crippen molar-refractivity contribution in [2.45, 2.75) is 25.8 Å². The number of fused-ring (bicyclic) bond motifs is 1. The molecular formula is C17H23ClN4O. The maximum Gasteiger partial charge on any atom is 0.258 e. The molecule has 1 aromatic carbocycles. The van der Waals surface area contributed by atoms with Crippen molar-refractivity contribution in [2.24, 2.45) is 5.92 Å². The van der Waals surface area contributed by atoms with Crippen LogP contribution < -0.4 is 10.9 Å². The number of benzene rings is 1. The summed E-state index contributed by atoms with van der Waals surface area (Å²) >= 11 is 5.94. The smallest absolute Gasteiger partial charge is 0.258 e. The summed E-state index contributed by atoms with van der Waals surface area (Å²) in [6.45, 7) is 3.92. The SMILES string of the molecule is CNCCC1CCN(Cc2nc3ccc(Cl)cc3c(=O)[nH]2)CC1. The molecule has 124 valence electrons. The second-order valence-corrected chi connectivity index (χ2v) is 6.72. The van der Waals surface area contributed by atoms with Crippen LogP contribution in [-0.4, -0.2) is 41.5 Å². The van der Waals surface area contributed by atoms with E-state index in [0.29, 0.717) is 22.5 Å². The van der Waals surface area contributed by atoms with Gasteiger partial charge < -0.3 is 10.3 Å². The van der Waals surface area contributed by atoms with Crippen molar-refractivity contribution < 1.29 is 0 Å². The van der Waals surface area contributed by atoms with E-state index in [0.717, 1.165) is 31.4 Å². The fourth-order valence-electron chi connectivity index (χ4n) is 3.23. The molecule has 2 heterocycles. The van der Waals surface area contributed by atoms with Crippen LogP contribution in [0.4, 0.5) is 0 Å². The van der Waals surface area contributed by atoms with E-state index in [4.69, 9.17) is 11.6 Å². The van der Waals surface area contributed by atoms with Crippen LogP contribution in [0, 0.1) is 5.92 Å². The van der Waals surface area contributed by atoms with Gasteiger partial charge in [-0.15, -0.1) is 0 Å². The lowest BCUT2D eigenvalue weighted by Crippen LogP contribution is -2.35. The van der Waals surface area contributed by atoms with Crippen molar-refractivity contribution in [3.8, 4) is 0 Å². The lowest BCUT2D eigenvalue weighted by Gasteiger charge is -2.31. The highest BCUT2D eigenvalue weighted by atomic mass is 35.5. The monoisotopic (exact) mass is 334 g/mol. The Morgan fingerprint density at radius 2 is 2.17 bits per heavy atom. The highest BCUT2D eigenvalue weighted by Gasteiger charge is 2.19. The summed E-state index contributed by atoms with van der Waals surface area (Å²) in [5.41, 5.74) is 0.591. The molecule has 1 saturated heterocycles. The van der Waals surface area contributed by atoms with E-state index < -0.39 is 0 Å². The zero-order valence-corrected chi connectivity index (χ0v) is 14.2. The average molecular weight is 335 g/mol. The number of aromatic nitrogens is 2. The van der Waals surface area contributed by atoms with Crippen molar-refractivity contribution in [2.75, 3.05) is 26.7 Å².